The molecule has 0 spiro atoms. The SMILES string of the molecule is Cc1nn2c(N3CCC(CCO)CC3)cc(-c3ccccc3)nc2c1-c1ccc(CCCCCCCNC(=O)COc2cccc3c2CN(C2CCC(=O)NC2=O)C3=O)cc1. The first-order chi connectivity index (χ1) is 29.8. The molecule has 4 amide bonds. The van der Waals surface area contributed by atoms with Crippen LogP contribution in [0.1, 0.15) is 91.4 Å². The number of aromatic nitrogens is 3. The van der Waals surface area contributed by atoms with E-state index in [0.29, 0.717) is 29.3 Å². The van der Waals surface area contributed by atoms with E-state index in [1.807, 2.05) is 22.7 Å². The van der Waals surface area contributed by atoms with Gasteiger partial charge in [0.25, 0.3) is 11.8 Å². The van der Waals surface area contributed by atoms with Crippen LogP contribution >= 0.6 is 0 Å². The largest absolute Gasteiger partial charge is 0.483 e. The molecule has 5 aromatic rings. The van der Waals surface area contributed by atoms with Gasteiger partial charge in [-0.3, -0.25) is 24.5 Å². The van der Waals surface area contributed by atoms with Crippen molar-refractivity contribution in [2.24, 2.45) is 5.92 Å². The van der Waals surface area contributed by atoms with E-state index < -0.39 is 11.9 Å². The van der Waals surface area contributed by atoms with E-state index in [1.165, 1.54) is 10.5 Å². The van der Waals surface area contributed by atoms with Gasteiger partial charge in [0, 0.05) is 61.0 Å². The summed E-state index contributed by atoms with van der Waals surface area (Å²) in [6, 6.07) is 25.8. The summed E-state index contributed by atoms with van der Waals surface area (Å²) in [5, 5.41) is 19.8. The number of imide groups is 1. The number of hydrogen-bond donors (Lipinski definition) is 3. The third kappa shape index (κ3) is 9.47. The summed E-state index contributed by atoms with van der Waals surface area (Å²) < 4.78 is 7.87. The van der Waals surface area contributed by atoms with Crippen molar-refractivity contribution in [1.82, 2.24) is 30.1 Å². The number of anilines is 1. The summed E-state index contributed by atoms with van der Waals surface area (Å²) in [6.07, 6.45) is 9.58. The number of aliphatic hydroxyl groups is 1. The molecule has 3 aromatic carbocycles. The van der Waals surface area contributed by atoms with Crippen molar-refractivity contribution in [1.29, 1.82) is 0 Å². The van der Waals surface area contributed by atoms with Crippen LogP contribution in [-0.4, -0.2) is 87.1 Å². The number of aliphatic hydroxyl groups excluding tert-OH is 1. The van der Waals surface area contributed by atoms with Gasteiger partial charge in [-0.2, -0.15) is 9.61 Å². The molecule has 3 aliphatic rings. The number of ether oxygens (including phenoxy) is 1. The Kier molecular flexibility index (Phi) is 13.0. The highest BCUT2D eigenvalue weighted by Crippen LogP contribution is 2.36. The molecule has 0 bridgehead atoms. The molecular weight excluding hydrogens is 771 g/mol. The van der Waals surface area contributed by atoms with Crippen LogP contribution < -0.4 is 20.3 Å². The van der Waals surface area contributed by atoms with E-state index >= 15 is 0 Å². The smallest absolute Gasteiger partial charge is 0.257 e. The third-order valence-corrected chi connectivity index (χ3v) is 12.4. The first-order valence-corrected chi connectivity index (χ1v) is 21.8. The molecule has 5 heterocycles. The van der Waals surface area contributed by atoms with Crippen LogP contribution in [0.4, 0.5) is 5.82 Å². The van der Waals surface area contributed by atoms with Crippen LogP contribution in [0.5, 0.6) is 5.75 Å². The number of rotatable bonds is 17. The Morgan fingerprint density at radius 1 is 0.902 bits per heavy atom. The highest BCUT2D eigenvalue weighted by atomic mass is 16.5. The molecule has 3 aliphatic heterocycles. The summed E-state index contributed by atoms with van der Waals surface area (Å²) in [6.45, 7) is 4.74. The molecular formula is C48H55N7O6. The number of benzene rings is 3. The fourth-order valence-electron chi connectivity index (χ4n) is 9.00. The Labute approximate surface area is 356 Å². The van der Waals surface area contributed by atoms with Crippen molar-refractivity contribution < 1.29 is 29.0 Å². The van der Waals surface area contributed by atoms with E-state index in [4.69, 9.17) is 14.8 Å². The number of nitrogens with zero attached hydrogens (tertiary/aromatic N) is 5. The summed E-state index contributed by atoms with van der Waals surface area (Å²) in [5.74, 6) is 0.757. The van der Waals surface area contributed by atoms with E-state index in [9.17, 15) is 24.3 Å². The lowest BCUT2D eigenvalue weighted by Crippen LogP contribution is -2.52. The molecule has 1 unspecified atom stereocenters. The van der Waals surface area contributed by atoms with E-state index in [0.717, 1.165) is 110 Å². The maximum Gasteiger partial charge on any atom is 0.257 e. The van der Waals surface area contributed by atoms with Crippen molar-refractivity contribution >= 4 is 35.1 Å². The van der Waals surface area contributed by atoms with Crippen molar-refractivity contribution in [3.05, 3.63) is 101 Å². The first-order valence-electron chi connectivity index (χ1n) is 21.8. The predicted molar refractivity (Wildman–Crippen MR) is 233 cm³/mol. The fourth-order valence-corrected chi connectivity index (χ4v) is 9.00. The average molecular weight is 826 g/mol. The second kappa shape index (κ2) is 19.1. The van der Waals surface area contributed by atoms with Crippen LogP contribution in [0.3, 0.4) is 0 Å². The minimum Gasteiger partial charge on any atom is -0.483 e. The third-order valence-electron chi connectivity index (χ3n) is 12.4. The molecule has 2 fully saturated rings. The fraction of sp³-hybridized carbons (Fsp3) is 0.417. The number of fused-ring (bicyclic) bond motifs is 2. The van der Waals surface area contributed by atoms with E-state index in [-0.39, 0.29) is 50.3 Å². The Hall–Kier alpha value is -6.08. The number of aryl methyl sites for hydroxylation is 2. The van der Waals surface area contributed by atoms with Gasteiger partial charge in [0.15, 0.2) is 12.3 Å². The number of nitrogens with one attached hydrogen (secondary N) is 2. The highest BCUT2D eigenvalue weighted by molar-refractivity contribution is 6.05. The minimum atomic E-state index is -0.708. The molecule has 61 heavy (non-hydrogen) atoms. The van der Waals surface area contributed by atoms with Gasteiger partial charge in [-0.1, -0.05) is 79.9 Å². The maximum absolute atomic E-state index is 13.1. The second-order valence-corrected chi connectivity index (χ2v) is 16.5. The molecule has 8 rings (SSSR count). The summed E-state index contributed by atoms with van der Waals surface area (Å²) in [7, 11) is 0. The minimum absolute atomic E-state index is 0.170. The molecule has 0 saturated carbocycles. The number of amides is 4. The number of carbonyl (C=O) groups is 4. The monoisotopic (exact) mass is 825 g/mol. The van der Waals surface area contributed by atoms with Gasteiger partial charge in [-0.05, 0) is 81.0 Å². The predicted octanol–water partition coefficient (Wildman–Crippen LogP) is 6.42. The highest BCUT2D eigenvalue weighted by Gasteiger charge is 2.40. The summed E-state index contributed by atoms with van der Waals surface area (Å²) in [4.78, 5) is 58.8. The van der Waals surface area contributed by atoms with Gasteiger partial charge in [0.2, 0.25) is 11.8 Å². The standard InChI is InChI=1S/C48H55N7O6/c1-32-45(46-50-39(35-12-7-5-8-13-35)29-44(55(46)52-32)53-26-22-34(23-27-53)24-28-56)36-18-16-33(17-19-36)11-6-3-2-4-9-25-49-43(58)31-61-41-15-10-14-37-38(41)30-54(48(37)60)40-20-21-42(57)51-47(40)59/h5,7-8,10,12-19,29,34,40,56H,2-4,6,9,11,20-28,30-31H2,1H3,(H,49,58)(H,51,57,59). The van der Waals surface area contributed by atoms with Crippen LogP contribution in [0.15, 0.2) is 78.9 Å². The average Bonchev–Trinajstić information content (AvgIpc) is 3.80. The summed E-state index contributed by atoms with van der Waals surface area (Å²) >= 11 is 0. The maximum atomic E-state index is 13.1. The Morgan fingerprint density at radius 2 is 1.67 bits per heavy atom. The number of carbonyl (C=O) groups excluding carboxylic acids is 4. The van der Waals surface area contributed by atoms with Crippen LogP contribution in [-0.2, 0) is 27.3 Å². The normalized spacial score (nSPS) is 16.9. The molecule has 13 nitrogen and oxygen atoms in total. The Balaban J connectivity index is 0.787. The van der Waals surface area contributed by atoms with Gasteiger partial charge in [0.1, 0.15) is 17.6 Å². The Morgan fingerprint density at radius 3 is 2.44 bits per heavy atom. The second-order valence-electron chi connectivity index (χ2n) is 16.5. The van der Waals surface area contributed by atoms with Crippen LogP contribution in [0, 0.1) is 12.8 Å². The zero-order valence-corrected chi connectivity index (χ0v) is 34.9. The van der Waals surface area contributed by atoms with Gasteiger partial charge in [0.05, 0.1) is 17.9 Å². The van der Waals surface area contributed by atoms with E-state index in [1.54, 1.807) is 18.2 Å². The number of piperidine rings is 2. The van der Waals surface area contributed by atoms with Gasteiger partial charge in [-0.25, -0.2) is 4.98 Å². The first kappa shape index (κ1) is 41.6. The molecule has 3 N–H and O–H groups in total. The molecule has 13 heteroatoms. The van der Waals surface area contributed by atoms with Crippen molar-refractivity contribution in [3.8, 4) is 28.1 Å². The lowest BCUT2D eigenvalue weighted by atomic mass is 9.94. The molecule has 318 valence electrons. The van der Waals surface area contributed by atoms with Gasteiger partial charge >= 0.3 is 0 Å². The number of unbranched alkanes of at least 4 members (excludes halogenated alkanes) is 4. The van der Waals surface area contributed by atoms with Gasteiger partial charge in [-0.15, -0.1) is 0 Å². The van der Waals surface area contributed by atoms with Crippen molar-refractivity contribution in [3.63, 3.8) is 0 Å². The zero-order chi connectivity index (χ0) is 42.3. The van der Waals surface area contributed by atoms with Crippen molar-refractivity contribution in [2.45, 2.75) is 90.1 Å². The summed E-state index contributed by atoms with van der Waals surface area (Å²) in [5.41, 5.74) is 8.37. The number of hydrogen-bond acceptors (Lipinski definition) is 9. The van der Waals surface area contributed by atoms with Crippen LogP contribution in [0.25, 0.3) is 28.0 Å². The zero-order valence-electron chi connectivity index (χ0n) is 34.9. The van der Waals surface area contributed by atoms with Crippen molar-refractivity contribution in [2.75, 3.05) is 37.7 Å². The van der Waals surface area contributed by atoms with Gasteiger partial charge < -0.3 is 25.0 Å². The lowest BCUT2D eigenvalue weighted by Gasteiger charge is -2.33. The molecule has 2 aromatic heterocycles. The Bertz CT molecular complexity index is 2370. The topological polar surface area (TPSA) is 158 Å². The molecule has 2 saturated heterocycles. The van der Waals surface area contributed by atoms with E-state index in [2.05, 4.69) is 64.9 Å². The molecule has 0 radical (unpaired) electrons. The molecule has 0 aliphatic carbocycles. The quantitative estimate of drug-likeness (QED) is 0.0711. The molecule has 1 atom stereocenters. The van der Waals surface area contributed by atoms with Crippen LogP contribution in [0.2, 0.25) is 0 Å². The lowest BCUT2D eigenvalue weighted by molar-refractivity contribution is -0.137.